The maximum Gasteiger partial charge on any atom is 0.211 e. The molecular weight excluding hydrogens is 272 g/mol. The Morgan fingerprint density at radius 3 is 2.89 bits per heavy atom. The van der Waals surface area contributed by atoms with Gasteiger partial charge in [0.1, 0.15) is 0 Å². The van der Waals surface area contributed by atoms with Gasteiger partial charge in [-0.05, 0) is 37.1 Å². The predicted octanol–water partition coefficient (Wildman–Crippen LogP) is 2.30. The molecule has 0 spiro atoms. The van der Waals surface area contributed by atoms with Crippen LogP contribution in [-0.2, 0) is 16.4 Å². The molecule has 0 unspecified atom stereocenters. The van der Waals surface area contributed by atoms with Gasteiger partial charge in [0.15, 0.2) is 0 Å². The standard InChI is InChI=1S/C12H15ClN2O2S/c1-2-18(16,17)15-6-5-9-8-14-12-4-3-10(13)7-11(9)12/h3-4,7-8,14-15H,2,5-6H2,1H3. The van der Waals surface area contributed by atoms with Crippen LogP contribution in [0.5, 0.6) is 0 Å². The van der Waals surface area contributed by atoms with Gasteiger partial charge in [-0.15, -0.1) is 0 Å². The third-order valence-corrected chi connectivity index (χ3v) is 4.46. The van der Waals surface area contributed by atoms with E-state index in [1.54, 1.807) is 6.92 Å². The van der Waals surface area contributed by atoms with Gasteiger partial charge in [0.25, 0.3) is 0 Å². The summed E-state index contributed by atoms with van der Waals surface area (Å²) in [5.41, 5.74) is 2.07. The number of sulfonamides is 1. The number of benzene rings is 1. The van der Waals surface area contributed by atoms with E-state index in [1.165, 1.54) is 0 Å². The summed E-state index contributed by atoms with van der Waals surface area (Å²) >= 11 is 5.95. The molecule has 0 fully saturated rings. The van der Waals surface area contributed by atoms with Crippen LogP contribution < -0.4 is 4.72 Å². The van der Waals surface area contributed by atoms with E-state index in [0.29, 0.717) is 18.0 Å². The molecule has 0 saturated heterocycles. The van der Waals surface area contributed by atoms with Crippen molar-refractivity contribution in [3.05, 3.63) is 35.0 Å². The van der Waals surface area contributed by atoms with Gasteiger partial charge in [-0.2, -0.15) is 0 Å². The van der Waals surface area contributed by atoms with Crippen molar-refractivity contribution in [2.45, 2.75) is 13.3 Å². The Kier molecular flexibility index (Phi) is 3.94. The molecule has 98 valence electrons. The molecule has 4 nitrogen and oxygen atoms in total. The molecule has 2 rings (SSSR count). The van der Waals surface area contributed by atoms with Crippen molar-refractivity contribution in [1.29, 1.82) is 0 Å². The van der Waals surface area contributed by atoms with Crippen LogP contribution in [0, 0.1) is 0 Å². The van der Waals surface area contributed by atoms with Gasteiger partial charge in [0.2, 0.25) is 10.0 Å². The molecule has 18 heavy (non-hydrogen) atoms. The Balaban J connectivity index is 2.11. The fraction of sp³-hybridized carbons (Fsp3) is 0.333. The van der Waals surface area contributed by atoms with Crippen LogP contribution >= 0.6 is 11.6 Å². The number of hydrogen-bond donors (Lipinski definition) is 2. The highest BCUT2D eigenvalue weighted by Crippen LogP contribution is 2.22. The fourth-order valence-electron chi connectivity index (χ4n) is 1.80. The van der Waals surface area contributed by atoms with Gasteiger partial charge in [0, 0.05) is 28.7 Å². The molecule has 1 heterocycles. The van der Waals surface area contributed by atoms with Crippen molar-refractivity contribution in [1.82, 2.24) is 9.71 Å². The second-order valence-corrected chi connectivity index (χ2v) is 6.58. The number of rotatable bonds is 5. The molecule has 0 atom stereocenters. The van der Waals surface area contributed by atoms with Crippen molar-refractivity contribution in [2.75, 3.05) is 12.3 Å². The second kappa shape index (κ2) is 5.30. The minimum atomic E-state index is -3.12. The number of aromatic nitrogens is 1. The van der Waals surface area contributed by atoms with Crippen LogP contribution in [0.15, 0.2) is 24.4 Å². The topological polar surface area (TPSA) is 62.0 Å². The molecular formula is C12H15ClN2O2S. The van der Waals surface area contributed by atoms with Gasteiger partial charge in [-0.3, -0.25) is 0 Å². The van der Waals surface area contributed by atoms with Crippen LogP contribution in [0.1, 0.15) is 12.5 Å². The van der Waals surface area contributed by atoms with E-state index in [9.17, 15) is 8.42 Å². The number of H-pyrrole nitrogens is 1. The van der Waals surface area contributed by atoms with Crippen LogP contribution in [0.2, 0.25) is 5.02 Å². The Hall–Kier alpha value is -1.04. The minimum absolute atomic E-state index is 0.104. The molecule has 0 radical (unpaired) electrons. The van der Waals surface area contributed by atoms with Gasteiger partial charge < -0.3 is 4.98 Å². The van der Waals surface area contributed by atoms with Crippen LogP contribution in [0.4, 0.5) is 0 Å². The van der Waals surface area contributed by atoms with E-state index in [0.717, 1.165) is 16.5 Å². The summed E-state index contributed by atoms with van der Waals surface area (Å²) in [4.78, 5) is 3.14. The lowest BCUT2D eigenvalue weighted by Crippen LogP contribution is -2.27. The van der Waals surface area contributed by atoms with Gasteiger partial charge in [0.05, 0.1) is 5.75 Å². The van der Waals surface area contributed by atoms with Crippen LogP contribution in [-0.4, -0.2) is 25.7 Å². The van der Waals surface area contributed by atoms with Gasteiger partial charge in [-0.1, -0.05) is 11.6 Å². The Morgan fingerprint density at radius 1 is 1.39 bits per heavy atom. The Bertz CT molecular complexity index is 649. The lowest BCUT2D eigenvalue weighted by atomic mass is 10.1. The molecule has 1 aromatic heterocycles. The van der Waals surface area contributed by atoms with Gasteiger partial charge >= 0.3 is 0 Å². The number of aromatic amines is 1. The van der Waals surface area contributed by atoms with E-state index in [4.69, 9.17) is 11.6 Å². The second-order valence-electron chi connectivity index (χ2n) is 4.05. The molecule has 0 aliphatic carbocycles. The quantitative estimate of drug-likeness (QED) is 0.886. The summed E-state index contributed by atoms with van der Waals surface area (Å²) < 4.78 is 25.2. The third kappa shape index (κ3) is 3.04. The maximum absolute atomic E-state index is 11.3. The molecule has 0 aliphatic rings. The average Bonchev–Trinajstić information content (AvgIpc) is 2.72. The smallest absolute Gasteiger partial charge is 0.211 e. The van der Waals surface area contributed by atoms with Crippen molar-refractivity contribution in [3.63, 3.8) is 0 Å². The van der Waals surface area contributed by atoms with E-state index in [1.807, 2.05) is 24.4 Å². The first-order valence-corrected chi connectivity index (χ1v) is 7.77. The van der Waals surface area contributed by atoms with Crippen molar-refractivity contribution < 1.29 is 8.42 Å². The van der Waals surface area contributed by atoms with E-state index in [-0.39, 0.29) is 5.75 Å². The summed E-state index contributed by atoms with van der Waals surface area (Å²) in [5.74, 6) is 0.104. The highest BCUT2D eigenvalue weighted by atomic mass is 35.5. The monoisotopic (exact) mass is 286 g/mol. The lowest BCUT2D eigenvalue weighted by Gasteiger charge is -2.03. The number of hydrogen-bond acceptors (Lipinski definition) is 2. The summed E-state index contributed by atoms with van der Waals surface area (Å²) in [6, 6.07) is 5.62. The predicted molar refractivity (Wildman–Crippen MR) is 74.5 cm³/mol. The number of nitrogens with one attached hydrogen (secondary N) is 2. The molecule has 0 aliphatic heterocycles. The largest absolute Gasteiger partial charge is 0.361 e. The summed E-state index contributed by atoms with van der Waals surface area (Å²) in [6.07, 6.45) is 2.53. The molecule has 0 bridgehead atoms. The lowest BCUT2D eigenvalue weighted by molar-refractivity contribution is 0.583. The first-order valence-electron chi connectivity index (χ1n) is 5.74. The van der Waals surface area contributed by atoms with Crippen LogP contribution in [0.25, 0.3) is 10.9 Å². The molecule has 2 aromatic rings. The first kappa shape index (κ1) is 13.4. The molecule has 2 N–H and O–H groups in total. The summed E-state index contributed by atoms with van der Waals surface area (Å²) in [7, 11) is -3.12. The summed E-state index contributed by atoms with van der Waals surface area (Å²) in [6.45, 7) is 2.02. The zero-order chi connectivity index (χ0) is 13.2. The fourth-order valence-corrected chi connectivity index (χ4v) is 2.59. The van der Waals surface area contributed by atoms with E-state index < -0.39 is 10.0 Å². The van der Waals surface area contributed by atoms with Crippen molar-refractivity contribution in [3.8, 4) is 0 Å². The zero-order valence-electron chi connectivity index (χ0n) is 10.0. The minimum Gasteiger partial charge on any atom is -0.361 e. The maximum atomic E-state index is 11.3. The van der Waals surface area contributed by atoms with Crippen molar-refractivity contribution in [2.24, 2.45) is 0 Å². The SMILES string of the molecule is CCS(=O)(=O)NCCc1c[nH]c2ccc(Cl)cc12. The average molecular weight is 287 g/mol. The number of fused-ring (bicyclic) bond motifs is 1. The highest BCUT2D eigenvalue weighted by molar-refractivity contribution is 7.89. The Labute approximate surface area is 111 Å². The van der Waals surface area contributed by atoms with E-state index >= 15 is 0 Å². The van der Waals surface area contributed by atoms with Gasteiger partial charge in [-0.25, -0.2) is 13.1 Å². The molecule has 1 aromatic carbocycles. The highest BCUT2D eigenvalue weighted by Gasteiger charge is 2.08. The molecule has 6 heteroatoms. The Morgan fingerprint density at radius 2 is 2.17 bits per heavy atom. The van der Waals surface area contributed by atoms with E-state index in [2.05, 4.69) is 9.71 Å². The molecule has 0 amide bonds. The normalized spacial score (nSPS) is 12.1. The molecule has 0 saturated carbocycles. The van der Waals surface area contributed by atoms with Crippen molar-refractivity contribution >= 4 is 32.5 Å². The third-order valence-electron chi connectivity index (χ3n) is 2.83. The first-order chi connectivity index (χ1) is 8.52. The van der Waals surface area contributed by atoms with Crippen LogP contribution in [0.3, 0.4) is 0 Å². The number of halogens is 1. The zero-order valence-corrected chi connectivity index (χ0v) is 11.6. The summed E-state index contributed by atoms with van der Waals surface area (Å²) in [5, 5.41) is 1.72.